The topological polar surface area (TPSA) is 47.0 Å². The molecule has 0 unspecified atom stereocenters. The normalized spacial score (nSPS) is 15.9. The summed E-state index contributed by atoms with van der Waals surface area (Å²) in [5.74, 6) is 0.348. The van der Waals surface area contributed by atoms with Crippen LogP contribution in [0.2, 0.25) is 0 Å². The summed E-state index contributed by atoms with van der Waals surface area (Å²) >= 11 is 0. The number of benzene rings is 1. The van der Waals surface area contributed by atoms with Gasteiger partial charge in [-0.3, -0.25) is 0 Å². The van der Waals surface area contributed by atoms with Gasteiger partial charge >= 0.3 is 12.5 Å². The van der Waals surface area contributed by atoms with Crippen LogP contribution in [0.25, 0.3) is 0 Å². The Kier molecular flexibility index (Phi) is 5.58. The first-order chi connectivity index (χ1) is 12.4. The van der Waals surface area contributed by atoms with E-state index < -0.39 is 12.5 Å². The molecule has 1 aliphatic rings. The molecule has 1 aliphatic carbocycles. The van der Waals surface area contributed by atoms with E-state index in [-0.39, 0.29) is 5.75 Å². The van der Waals surface area contributed by atoms with Crippen molar-refractivity contribution >= 4 is 11.6 Å². The lowest BCUT2D eigenvalue weighted by Crippen LogP contribution is -2.33. The Morgan fingerprint density at radius 1 is 1.12 bits per heavy atom. The number of hydrogen-bond acceptors (Lipinski definition) is 4. The average Bonchev–Trinajstić information content (AvgIpc) is 2.62. The number of hydrogen-bond donors (Lipinski definition) is 1. The summed E-state index contributed by atoms with van der Waals surface area (Å²) in [7, 11) is 0. The molecule has 0 atom stereocenters. The molecule has 8 heteroatoms. The van der Waals surface area contributed by atoms with Crippen molar-refractivity contribution in [2.24, 2.45) is 0 Å². The number of alkyl halides is 4. The first-order valence-corrected chi connectivity index (χ1v) is 8.49. The molecule has 1 aromatic carbocycles. The molecule has 140 valence electrons. The van der Waals surface area contributed by atoms with E-state index in [1.165, 1.54) is 37.5 Å². The van der Waals surface area contributed by atoms with Gasteiger partial charge in [-0.1, -0.05) is 25.3 Å². The first-order valence-electron chi connectivity index (χ1n) is 8.49. The predicted octanol–water partition coefficient (Wildman–Crippen LogP) is 5.50. The summed E-state index contributed by atoms with van der Waals surface area (Å²) in [4.78, 5) is 8.62. The summed E-state index contributed by atoms with van der Waals surface area (Å²) < 4.78 is 54.7. The van der Waals surface area contributed by atoms with E-state index in [0.717, 1.165) is 18.5 Å². The smallest absolute Gasteiger partial charge is 0.428 e. The molecular formula is C18H19F4N3O. The minimum absolute atomic E-state index is 0.325. The van der Waals surface area contributed by atoms with Gasteiger partial charge in [0, 0.05) is 29.6 Å². The molecule has 0 spiro atoms. The molecule has 0 bridgehead atoms. The molecule has 0 radical (unpaired) electrons. The Labute approximate surface area is 148 Å². The first kappa shape index (κ1) is 18.4. The third kappa shape index (κ3) is 4.62. The Hall–Kier alpha value is -2.38. The fraction of sp³-hybridized carbons (Fsp3) is 0.444. The third-order valence-electron chi connectivity index (χ3n) is 4.30. The van der Waals surface area contributed by atoms with Gasteiger partial charge in [0.1, 0.15) is 5.75 Å². The maximum absolute atomic E-state index is 13.0. The number of ether oxygens (including phenoxy) is 1. The fourth-order valence-corrected chi connectivity index (χ4v) is 3.03. The van der Waals surface area contributed by atoms with Crippen LogP contribution in [0.5, 0.6) is 5.75 Å². The third-order valence-corrected chi connectivity index (χ3v) is 4.30. The number of nitrogens with zero attached hydrogens (tertiary/aromatic N) is 2. The number of rotatable bonds is 6. The molecule has 0 aliphatic heterocycles. The van der Waals surface area contributed by atoms with Crippen LogP contribution < -0.4 is 10.1 Å². The van der Waals surface area contributed by atoms with Crippen molar-refractivity contribution in [3.8, 4) is 5.75 Å². The van der Waals surface area contributed by atoms with E-state index >= 15 is 0 Å². The second kappa shape index (κ2) is 7.88. The van der Waals surface area contributed by atoms with E-state index in [9.17, 15) is 17.6 Å². The second-order valence-corrected chi connectivity index (χ2v) is 6.26. The molecule has 26 heavy (non-hydrogen) atoms. The van der Waals surface area contributed by atoms with Gasteiger partial charge in [-0.05, 0) is 31.0 Å². The zero-order chi connectivity index (χ0) is 18.6. The maximum Gasteiger partial charge on any atom is 0.461 e. The predicted molar refractivity (Wildman–Crippen MR) is 89.2 cm³/mol. The van der Waals surface area contributed by atoms with Crippen LogP contribution in [0.1, 0.15) is 43.7 Å². The molecule has 0 amide bonds. The molecule has 3 rings (SSSR count). The Balaban J connectivity index is 1.72. The minimum Gasteiger partial charge on any atom is -0.428 e. The Morgan fingerprint density at radius 3 is 2.62 bits per heavy atom. The van der Waals surface area contributed by atoms with Gasteiger partial charge < -0.3 is 10.1 Å². The standard InChI is InChI=1S/C18H19F4N3O/c19-16(20)18(21,22)26-14-8-4-7-13(11-14)24-17-23-10-9-15(25-17)12-5-2-1-3-6-12/h4,7-12,16H,1-3,5-6H2,(H,23,24,25). The van der Waals surface area contributed by atoms with Crippen LogP contribution in [0.3, 0.4) is 0 Å². The van der Waals surface area contributed by atoms with Gasteiger partial charge in [-0.2, -0.15) is 17.6 Å². The van der Waals surface area contributed by atoms with Gasteiger partial charge in [-0.15, -0.1) is 0 Å². The number of nitrogens with one attached hydrogen (secondary N) is 1. The van der Waals surface area contributed by atoms with Crippen LogP contribution >= 0.6 is 0 Å². The highest BCUT2D eigenvalue weighted by Gasteiger charge is 2.44. The highest BCUT2D eigenvalue weighted by molar-refractivity contribution is 5.55. The van der Waals surface area contributed by atoms with Crippen molar-refractivity contribution in [3.05, 3.63) is 42.2 Å². The Morgan fingerprint density at radius 2 is 1.88 bits per heavy atom. The van der Waals surface area contributed by atoms with E-state index in [4.69, 9.17) is 0 Å². The molecule has 0 saturated heterocycles. The van der Waals surface area contributed by atoms with E-state index in [2.05, 4.69) is 20.0 Å². The molecular weight excluding hydrogens is 350 g/mol. The molecule has 1 heterocycles. The monoisotopic (exact) mass is 369 g/mol. The summed E-state index contributed by atoms with van der Waals surface area (Å²) in [6, 6.07) is 7.27. The van der Waals surface area contributed by atoms with E-state index in [0.29, 0.717) is 17.6 Å². The largest absolute Gasteiger partial charge is 0.461 e. The van der Waals surface area contributed by atoms with Crippen molar-refractivity contribution in [3.63, 3.8) is 0 Å². The SMILES string of the molecule is FC(F)C(F)(F)Oc1cccc(Nc2nccc(C3CCCCC3)n2)c1. The quantitative estimate of drug-likeness (QED) is 0.683. The minimum atomic E-state index is -4.55. The van der Waals surface area contributed by atoms with Crippen LogP contribution in [0, 0.1) is 0 Å². The number of halogens is 4. The van der Waals surface area contributed by atoms with Gasteiger partial charge in [-0.25, -0.2) is 9.97 Å². The summed E-state index contributed by atoms with van der Waals surface area (Å²) in [5.41, 5.74) is 1.31. The van der Waals surface area contributed by atoms with Crippen molar-refractivity contribution < 1.29 is 22.3 Å². The molecule has 1 aromatic heterocycles. The highest BCUT2D eigenvalue weighted by atomic mass is 19.3. The van der Waals surface area contributed by atoms with Crippen LogP contribution in [0.15, 0.2) is 36.5 Å². The fourth-order valence-electron chi connectivity index (χ4n) is 3.03. The summed E-state index contributed by atoms with van der Waals surface area (Å²) in [5, 5.41) is 2.90. The van der Waals surface area contributed by atoms with Crippen LogP contribution in [0.4, 0.5) is 29.2 Å². The van der Waals surface area contributed by atoms with Crippen LogP contribution in [-0.4, -0.2) is 22.5 Å². The number of aromatic nitrogens is 2. The molecule has 4 nitrogen and oxygen atoms in total. The number of anilines is 2. The van der Waals surface area contributed by atoms with Crippen molar-refractivity contribution in [1.82, 2.24) is 9.97 Å². The zero-order valence-corrected chi connectivity index (χ0v) is 14.0. The lowest BCUT2D eigenvalue weighted by atomic mass is 9.87. The van der Waals surface area contributed by atoms with Crippen molar-refractivity contribution in [2.45, 2.75) is 50.6 Å². The summed E-state index contributed by atoms with van der Waals surface area (Å²) in [6.45, 7) is 0. The maximum atomic E-state index is 13.0. The lowest BCUT2D eigenvalue weighted by Gasteiger charge is -2.21. The molecule has 1 fully saturated rings. The van der Waals surface area contributed by atoms with Gasteiger partial charge in [0.25, 0.3) is 0 Å². The molecule has 1 saturated carbocycles. The Bertz CT molecular complexity index is 736. The lowest BCUT2D eigenvalue weighted by molar-refractivity contribution is -0.253. The summed E-state index contributed by atoms with van der Waals surface area (Å²) in [6.07, 6.45) is -1.05. The zero-order valence-electron chi connectivity index (χ0n) is 14.0. The van der Waals surface area contributed by atoms with Crippen molar-refractivity contribution in [1.29, 1.82) is 0 Å². The van der Waals surface area contributed by atoms with Crippen LogP contribution in [-0.2, 0) is 0 Å². The van der Waals surface area contributed by atoms with E-state index in [1.54, 1.807) is 12.3 Å². The van der Waals surface area contributed by atoms with Crippen molar-refractivity contribution in [2.75, 3.05) is 5.32 Å². The molecule has 1 N–H and O–H groups in total. The van der Waals surface area contributed by atoms with Gasteiger partial charge in [0.15, 0.2) is 0 Å². The van der Waals surface area contributed by atoms with Gasteiger partial charge in [0.05, 0.1) is 0 Å². The van der Waals surface area contributed by atoms with E-state index in [1.807, 2.05) is 6.07 Å². The highest BCUT2D eigenvalue weighted by Crippen LogP contribution is 2.32. The average molecular weight is 369 g/mol. The second-order valence-electron chi connectivity index (χ2n) is 6.26. The van der Waals surface area contributed by atoms with Gasteiger partial charge in [0.2, 0.25) is 5.95 Å². The molecule has 2 aromatic rings.